The zero-order valence-corrected chi connectivity index (χ0v) is 17.4. The minimum absolute atomic E-state index is 0.163. The van der Waals surface area contributed by atoms with Crippen LogP contribution in [0.3, 0.4) is 0 Å². The third-order valence-corrected chi connectivity index (χ3v) is 7.55. The third kappa shape index (κ3) is 5.26. The van der Waals surface area contributed by atoms with Gasteiger partial charge in [-0.1, -0.05) is 23.7 Å². The molecular weight excluding hydrogens is 423 g/mol. The van der Waals surface area contributed by atoms with Crippen LogP contribution in [0.4, 0.5) is 10.1 Å². The van der Waals surface area contributed by atoms with E-state index in [1.807, 2.05) is 0 Å². The third-order valence-electron chi connectivity index (χ3n) is 4.33. The van der Waals surface area contributed by atoms with E-state index in [0.29, 0.717) is 29.6 Å². The summed E-state index contributed by atoms with van der Waals surface area (Å²) in [5.41, 5.74) is 1.19. The summed E-state index contributed by atoms with van der Waals surface area (Å²) >= 11 is 7.31. The zero-order chi connectivity index (χ0) is 20.1. The van der Waals surface area contributed by atoms with Crippen LogP contribution in [-0.2, 0) is 20.6 Å². The van der Waals surface area contributed by atoms with E-state index in [4.69, 9.17) is 11.6 Å². The van der Waals surface area contributed by atoms with Crippen LogP contribution in [0.5, 0.6) is 0 Å². The molecule has 28 heavy (non-hydrogen) atoms. The van der Waals surface area contributed by atoms with Gasteiger partial charge in [0.2, 0.25) is 15.9 Å². The van der Waals surface area contributed by atoms with Gasteiger partial charge < -0.3 is 5.32 Å². The minimum atomic E-state index is -3.53. The van der Waals surface area contributed by atoms with Gasteiger partial charge in [-0.3, -0.25) is 4.79 Å². The first-order valence-corrected chi connectivity index (χ1v) is 11.8. The Balaban J connectivity index is 1.57. The molecule has 5 nitrogen and oxygen atoms in total. The predicted molar refractivity (Wildman–Crippen MR) is 111 cm³/mol. The summed E-state index contributed by atoms with van der Waals surface area (Å²) in [5, 5.41) is 3.05. The number of nitrogens with zero attached hydrogens (tertiary/aromatic N) is 1. The predicted octanol–water partition coefficient (Wildman–Crippen LogP) is 4.14. The molecule has 0 saturated carbocycles. The van der Waals surface area contributed by atoms with E-state index in [2.05, 4.69) is 5.32 Å². The summed E-state index contributed by atoms with van der Waals surface area (Å²) in [5.74, 6) is -0.0218. The second-order valence-corrected chi connectivity index (χ2v) is 9.75. The average molecular weight is 443 g/mol. The molecule has 150 valence electrons. The number of hydrogen-bond donors (Lipinski definition) is 1. The van der Waals surface area contributed by atoms with E-state index in [9.17, 15) is 17.6 Å². The largest absolute Gasteiger partial charge is 0.325 e. The first kappa shape index (κ1) is 21.1. The molecule has 9 heteroatoms. The molecule has 1 heterocycles. The maximum Gasteiger partial charge on any atom is 0.243 e. The van der Waals surface area contributed by atoms with Gasteiger partial charge in [-0.2, -0.15) is 4.31 Å². The summed E-state index contributed by atoms with van der Waals surface area (Å²) in [7, 11) is -3.53. The zero-order valence-electron chi connectivity index (χ0n) is 15.0. The van der Waals surface area contributed by atoms with Gasteiger partial charge >= 0.3 is 0 Å². The highest BCUT2D eigenvalue weighted by atomic mass is 35.5. The summed E-state index contributed by atoms with van der Waals surface area (Å²) in [6.45, 7) is 1.06. The van der Waals surface area contributed by atoms with E-state index >= 15 is 0 Å². The molecule has 3 rings (SSSR count). The monoisotopic (exact) mass is 442 g/mol. The van der Waals surface area contributed by atoms with Crippen LogP contribution in [0, 0.1) is 5.82 Å². The molecule has 1 fully saturated rings. The van der Waals surface area contributed by atoms with Crippen LogP contribution >= 0.6 is 23.4 Å². The van der Waals surface area contributed by atoms with Crippen molar-refractivity contribution in [1.82, 2.24) is 4.31 Å². The van der Waals surface area contributed by atoms with E-state index in [0.717, 1.165) is 18.4 Å². The number of thioether (sulfide) groups is 1. The van der Waals surface area contributed by atoms with Crippen LogP contribution in [0.25, 0.3) is 0 Å². The minimum Gasteiger partial charge on any atom is -0.325 e. The number of nitrogens with one attached hydrogen (secondary N) is 1. The molecule has 0 aliphatic carbocycles. The average Bonchev–Trinajstić information content (AvgIpc) is 3.19. The summed E-state index contributed by atoms with van der Waals surface area (Å²) in [4.78, 5) is 12.4. The van der Waals surface area contributed by atoms with Crippen molar-refractivity contribution in [3.63, 3.8) is 0 Å². The number of hydrogen-bond acceptors (Lipinski definition) is 4. The molecule has 1 aliphatic rings. The van der Waals surface area contributed by atoms with Crippen molar-refractivity contribution >= 4 is 45.0 Å². The summed E-state index contributed by atoms with van der Waals surface area (Å²) in [6, 6.07) is 10.4. The first-order valence-electron chi connectivity index (χ1n) is 8.78. The van der Waals surface area contributed by atoms with Crippen molar-refractivity contribution in [2.75, 3.05) is 24.2 Å². The Bertz CT molecular complexity index is 963. The molecule has 0 bridgehead atoms. The Labute approximate surface area is 173 Å². The molecule has 1 saturated heterocycles. The van der Waals surface area contributed by atoms with Gasteiger partial charge in [0.1, 0.15) is 5.82 Å². The smallest absolute Gasteiger partial charge is 0.243 e. The van der Waals surface area contributed by atoms with Crippen molar-refractivity contribution in [1.29, 1.82) is 0 Å². The Kier molecular flexibility index (Phi) is 6.98. The Hall–Kier alpha value is -1.61. The highest BCUT2D eigenvalue weighted by Gasteiger charge is 2.27. The quantitative estimate of drug-likeness (QED) is 0.700. The van der Waals surface area contributed by atoms with Gasteiger partial charge in [0.05, 0.1) is 10.6 Å². The SMILES string of the molecule is O=C(CSCc1ccc(F)cc1Cl)Nc1cccc(S(=O)(=O)N2CCCC2)c1. The first-order chi connectivity index (χ1) is 13.4. The number of benzene rings is 2. The molecule has 1 aliphatic heterocycles. The van der Waals surface area contributed by atoms with Crippen molar-refractivity contribution < 1.29 is 17.6 Å². The van der Waals surface area contributed by atoms with Gasteiger partial charge in [-0.25, -0.2) is 12.8 Å². The molecule has 2 aromatic rings. The molecule has 0 unspecified atom stereocenters. The number of halogens is 2. The van der Waals surface area contributed by atoms with E-state index in [1.54, 1.807) is 18.2 Å². The number of carbonyl (C=O) groups is 1. The second-order valence-electron chi connectivity index (χ2n) is 6.42. The number of amides is 1. The second kappa shape index (κ2) is 9.26. The van der Waals surface area contributed by atoms with Crippen molar-refractivity contribution in [2.24, 2.45) is 0 Å². The number of rotatable bonds is 7. The van der Waals surface area contributed by atoms with Crippen molar-refractivity contribution in [2.45, 2.75) is 23.5 Å². The lowest BCUT2D eigenvalue weighted by atomic mass is 10.2. The lowest BCUT2D eigenvalue weighted by molar-refractivity contribution is -0.113. The van der Waals surface area contributed by atoms with Crippen LogP contribution in [0.15, 0.2) is 47.4 Å². The Morgan fingerprint density at radius 1 is 1.18 bits per heavy atom. The fourth-order valence-corrected chi connectivity index (χ4v) is 5.61. The number of sulfonamides is 1. The highest BCUT2D eigenvalue weighted by Crippen LogP contribution is 2.24. The van der Waals surface area contributed by atoms with Crippen LogP contribution in [0.2, 0.25) is 5.02 Å². The lowest BCUT2D eigenvalue weighted by Crippen LogP contribution is -2.28. The van der Waals surface area contributed by atoms with Crippen LogP contribution in [-0.4, -0.2) is 37.5 Å². The van der Waals surface area contributed by atoms with Gasteiger partial charge in [-0.05, 0) is 48.7 Å². The number of carbonyl (C=O) groups excluding carboxylic acids is 1. The van der Waals surface area contributed by atoms with Crippen LogP contribution in [0.1, 0.15) is 18.4 Å². The highest BCUT2D eigenvalue weighted by molar-refractivity contribution is 7.99. The molecular formula is C19H20ClFN2O3S2. The van der Waals surface area contributed by atoms with Crippen molar-refractivity contribution in [3.8, 4) is 0 Å². The van der Waals surface area contributed by atoms with Crippen LogP contribution < -0.4 is 5.32 Å². The van der Waals surface area contributed by atoms with Gasteiger partial charge in [-0.15, -0.1) is 11.8 Å². The normalized spacial score (nSPS) is 14.9. The van der Waals surface area contributed by atoms with Gasteiger partial charge in [0, 0.05) is 29.6 Å². The molecule has 0 spiro atoms. The summed E-state index contributed by atoms with van der Waals surface area (Å²) in [6.07, 6.45) is 1.73. The molecule has 0 radical (unpaired) electrons. The maximum atomic E-state index is 13.1. The fourth-order valence-electron chi connectivity index (χ4n) is 2.90. The number of anilines is 1. The molecule has 1 N–H and O–H groups in total. The topological polar surface area (TPSA) is 66.5 Å². The van der Waals surface area contributed by atoms with Gasteiger partial charge in [0.15, 0.2) is 0 Å². The van der Waals surface area contributed by atoms with E-state index < -0.39 is 15.8 Å². The van der Waals surface area contributed by atoms with E-state index in [-0.39, 0.29) is 16.6 Å². The molecule has 0 atom stereocenters. The Morgan fingerprint density at radius 3 is 2.64 bits per heavy atom. The Morgan fingerprint density at radius 2 is 1.93 bits per heavy atom. The molecule has 0 aromatic heterocycles. The fraction of sp³-hybridized carbons (Fsp3) is 0.316. The molecule has 1 amide bonds. The summed E-state index contributed by atoms with van der Waals surface area (Å²) < 4.78 is 39.8. The maximum absolute atomic E-state index is 13.1. The van der Waals surface area contributed by atoms with Crippen molar-refractivity contribution in [3.05, 3.63) is 58.9 Å². The van der Waals surface area contributed by atoms with E-state index in [1.165, 1.54) is 40.3 Å². The van der Waals surface area contributed by atoms with Gasteiger partial charge in [0.25, 0.3) is 0 Å². The lowest BCUT2D eigenvalue weighted by Gasteiger charge is -2.16. The molecule has 2 aromatic carbocycles. The standard InChI is InChI=1S/C19H20ClFN2O3S2/c20-18-10-15(21)7-6-14(18)12-27-13-19(24)22-16-4-3-5-17(11-16)28(25,26)23-8-1-2-9-23/h3-7,10-11H,1-2,8-9,12-13H2,(H,22,24).